The Morgan fingerprint density at radius 2 is 1.32 bits per heavy atom. The normalized spacial score (nSPS) is 19.9. The Hall–Kier alpha value is 0.190. The Morgan fingerprint density at radius 1 is 0.895 bits per heavy atom. The lowest BCUT2D eigenvalue weighted by molar-refractivity contribution is -0.149. The molecule has 0 atom stereocenters. The van der Waals surface area contributed by atoms with Crippen molar-refractivity contribution in [3.63, 3.8) is 0 Å². The van der Waals surface area contributed by atoms with Crippen molar-refractivity contribution in [1.82, 2.24) is 9.80 Å². The highest BCUT2D eigenvalue weighted by Gasteiger charge is 2.34. The molecule has 0 saturated carbocycles. The molecule has 6 heteroatoms. The van der Waals surface area contributed by atoms with Gasteiger partial charge in [0.2, 0.25) is 0 Å². The van der Waals surface area contributed by atoms with Crippen LogP contribution in [0.25, 0.3) is 0 Å². The molecule has 0 aromatic rings. The minimum atomic E-state index is -4.07. The van der Waals surface area contributed by atoms with Gasteiger partial charge in [0.1, 0.15) is 0 Å². The third-order valence-corrected chi connectivity index (χ3v) is 5.40. The van der Waals surface area contributed by atoms with Gasteiger partial charge in [-0.1, -0.05) is 29.8 Å². The van der Waals surface area contributed by atoms with Crippen molar-refractivity contribution in [3.8, 4) is 0 Å². The van der Waals surface area contributed by atoms with Gasteiger partial charge in [0.15, 0.2) is 0 Å². The average molecular weight is 345 g/mol. The third kappa shape index (κ3) is 5.60. The number of rotatable bonds is 6. The number of alkyl halides is 4. The molecule has 0 N–H and O–H groups in total. The first-order valence-corrected chi connectivity index (χ1v) is 8.04. The molecule has 1 heterocycles. The second-order valence-corrected chi connectivity index (χ2v) is 6.07. The number of piperazine rings is 1. The minimum absolute atomic E-state index is 0.256. The van der Waals surface area contributed by atoms with Crippen LogP contribution in [0.15, 0.2) is 0 Å². The molecule has 0 aliphatic carbocycles. The second-order valence-electron chi connectivity index (χ2n) is 5.51. The van der Waals surface area contributed by atoms with E-state index in [4.69, 9.17) is 0 Å². The summed E-state index contributed by atoms with van der Waals surface area (Å²) < 4.78 is 36.9. The summed E-state index contributed by atoms with van der Waals surface area (Å²) in [7, 11) is 0. The Labute approximate surface area is 122 Å². The molecule has 0 radical (unpaired) electrons. The fourth-order valence-corrected chi connectivity index (χ4v) is 3.51. The molecule has 1 aliphatic rings. The van der Waals surface area contributed by atoms with Crippen molar-refractivity contribution >= 4 is 15.9 Å². The van der Waals surface area contributed by atoms with E-state index in [1.165, 1.54) is 4.90 Å². The van der Waals surface area contributed by atoms with E-state index in [0.29, 0.717) is 13.1 Å². The zero-order chi connectivity index (χ0) is 14.5. The molecular weight excluding hydrogens is 321 g/mol. The lowest BCUT2D eigenvalue weighted by Crippen LogP contribution is -2.51. The topological polar surface area (TPSA) is 6.48 Å². The van der Waals surface area contributed by atoms with Crippen LogP contribution in [0.4, 0.5) is 13.2 Å². The van der Waals surface area contributed by atoms with Gasteiger partial charge >= 0.3 is 6.18 Å². The summed E-state index contributed by atoms with van der Waals surface area (Å²) in [6.07, 6.45) is -1.89. The lowest BCUT2D eigenvalue weighted by atomic mass is 9.84. The largest absolute Gasteiger partial charge is 0.401 e. The highest BCUT2D eigenvalue weighted by atomic mass is 79.9. The minimum Gasteiger partial charge on any atom is -0.300 e. The van der Waals surface area contributed by atoms with Gasteiger partial charge in [-0.25, -0.2) is 0 Å². The maximum Gasteiger partial charge on any atom is 0.401 e. The monoisotopic (exact) mass is 344 g/mol. The molecule has 1 saturated heterocycles. The van der Waals surface area contributed by atoms with Crippen LogP contribution in [0.1, 0.15) is 26.7 Å². The summed E-state index contributed by atoms with van der Waals surface area (Å²) in [5.74, 6) is 0. The molecule has 1 rings (SSSR count). The van der Waals surface area contributed by atoms with Gasteiger partial charge in [-0.05, 0) is 18.3 Å². The molecule has 114 valence electrons. The predicted molar refractivity (Wildman–Crippen MR) is 75.7 cm³/mol. The summed E-state index contributed by atoms with van der Waals surface area (Å²) >= 11 is 3.59. The zero-order valence-corrected chi connectivity index (χ0v) is 13.4. The number of hydrogen-bond donors (Lipinski definition) is 0. The van der Waals surface area contributed by atoms with Crippen LogP contribution < -0.4 is 0 Å². The number of nitrogens with zero attached hydrogens (tertiary/aromatic N) is 2. The number of hydrogen-bond acceptors (Lipinski definition) is 2. The Kier molecular flexibility index (Phi) is 6.60. The van der Waals surface area contributed by atoms with E-state index >= 15 is 0 Å². The van der Waals surface area contributed by atoms with Crippen LogP contribution >= 0.6 is 15.9 Å². The van der Waals surface area contributed by atoms with Crippen LogP contribution in [-0.4, -0.2) is 60.6 Å². The Bertz CT molecular complexity index is 251. The molecule has 1 fully saturated rings. The van der Waals surface area contributed by atoms with Crippen LogP contribution in [0.5, 0.6) is 0 Å². The molecule has 19 heavy (non-hydrogen) atoms. The van der Waals surface area contributed by atoms with Gasteiger partial charge in [-0.15, -0.1) is 0 Å². The molecule has 0 spiro atoms. The van der Waals surface area contributed by atoms with Crippen molar-refractivity contribution in [1.29, 1.82) is 0 Å². The maximum atomic E-state index is 12.3. The van der Waals surface area contributed by atoms with E-state index in [1.54, 1.807) is 0 Å². The summed E-state index contributed by atoms with van der Waals surface area (Å²) in [6.45, 7) is 7.10. The first-order chi connectivity index (χ1) is 8.84. The van der Waals surface area contributed by atoms with Crippen molar-refractivity contribution in [2.75, 3.05) is 44.6 Å². The molecular formula is C13H24BrF3N2. The fraction of sp³-hybridized carbons (Fsp3) is 1.00. The first kappa shape index (κ1) is 17.2. The quantitative estimate of drug-likeness (QED) is 0.681. The summed E-state index contributed by atoms with van der Waals surface area (Å²) in [5, 5.41) is 0.954. The maximum absolute atomic E-state index is 12.3. The highest BCUT2D eigenvalue weighted by Crippen LogP contribution is 2.30. The van der Waals surface area contributed by atoms with Crippen molar-refractivity contribution < 1.29 is 13.2 Å². The van der Waals surface area contributed by atoms with E-state index in [9.17, 15) is 13.2 Å². The SMILES string of the molecule is CCC(CC)(CBr)CN1CCN(CC(F)(F)F)CC1. The van der Waals surface area contributed by atoms with E-state index in [-0.39, 0.29) is 5.41 Å². The van der Waals surface area contributed by atoms with Gasteiger partial charge in [-0.2, -0.15) is 13.2 Å². The van der Waals surface area contributed by atoms with Gasteiger partial charge < -0.3 is 4.90 Å². The highest BCUT2D eigenvalue weighted by molar-refractivity contribution is 9.09. The van der Waals surface area contributed by atoms with Gasteiger partial charge in [0.05, 0.1) is 6.54 Å². The molecule has 0 bridgehead atoms. The first-order valence-electron chi connectivity index (χ1n) is 6.91. The van der Waals surface area contributed by atoms with Gasteiger partial charge in [-0.3, -0.25) is 4.90 Å². The smallest absolute Gasteiger partial charge is 0.300 e. The van der Waals surface area contributed by atoms with Crippen LogP contribution in [0.3, 0.4) is 0 Å². The number of halogens is 4. The molecule has 0 aromatic heterocycles. The van der Waals surface area contributed by atoms with Crippen LogP contribution in [-0.2, 0) is 0 Å². The molecule has 0 aromatic carbocycles. The van der Waals surface area contributed by atoms with E-state index in [2.05, 4.69) is 34.7 Å². The predicted octanol–water partition coefficient (Wildman–Crippen LogP) is 3.37. The summed E-state index contributed by atoms with van der Waals surface area (Å²) in [6, 6.07) is 0. The average Bonchev–Trinajstić information content (AvgIpc) is 2.37. The molecule has 1 aliphatic heterocycles. The summed E-state index contributed by atoms with van der Waals surface area (Å²) in [4.78, 5) is 3.81. The van der Waals surface area contributed by atoms with Crippen molar-refractivity contribution in [2.45, 2.75) is 32.9 Å². The van der Waals surface area contributed by atoms with Gasteiger partial charge in [0.25, 0.3) is 0 Å². The van der Waals surface area contributed by atoms with E-state index in [0.717, 1.165) is 37.8 Å². The standard InChI is InChI=1S/C13H24BrF3N2/c1-3-12(4-2,9-14)10-18-5-7-19(8-6-18)11-13(15,16)17/h3-11H2,1-2H3. The molecule has 2 nitrogen and oxygen atoms in total. The molecule has 0 amide bonds. The van der Waals surface area contributed by atoms with Gasteiger partial charge in [0, 0.05) is 38.1 Å². The van der Waals surface area contributed by atoms with Crippen LogP contribution in [0, 0.1) is 5.41 Å². The van der Waals surface area contributed by atoms with E-state index < -0.39 is 12.7 Å². The van der Waals surface area contributed by atoms with Crippen molar-refractivity contribution in [2.24, 2.45) is 5.41 Å². The molecule has 0 unspecified atom stereocenters. The third-order valence-electron chi connectivity index (χ3n) is 4.21. The zero-order valence-electron chi connectivity index (χ0n) is 11.8. The van der Waals surface area contributed by atoms with Crippen LogP contribution in [0.2, 0.25) is 0 Å². The van der Waals surface area contributed by atoms with Crippen molar-refractivity contribution in [3.05, 3.63) is 0 Å². The summed E-state index contributed by atoms with van der Waals surface area (Å²) in [5.41, 5.74) is 0.256. The Balaban J connectivity index is 2.41. The second kappa shape index (κ2) is 7.27. The fourth-order valence-electron chi connectivity index (χ4n) is 2.54. The Morgan fingerprint density at radius 3 is 1.63 bits per heavy atom. The lowest BCUT2D eigenvalue weighted by Gasteiger charge is -2.40. The van der Waals surface area contributed by atoms with E-state index in [1.807, 2.05) is 0 Å².